The van der Waals surface area contributed by atoms with Crippen LogP contribution in [0.15, 0.2) is 10.1 Å². The fourth-order valence-electron chi connectivity index (χ4n) is 0.614. The summed E-state index contributed by atoms with van der Waals surface area (Å²) in [4.78, 5) is 3.89. The summed E-state index contributed by atoms with van der Waals surface area (Å²) in [6.45, 7) is 4.13. The van der Waals surface area contributed by atoms with Gasteiger partial charge in [-0.15, -0.1) is 5.10 Å². The first-order valence-corrected chi connectivity index (χ1v) is 3.16. The number of hydrogen-bond donors (Lipinski definition) is 1. The second-order valence-corrected chi connectivity index (χ2v) is 2.00. The molecule has 0 fully saturated rings. The van der Waals surface area contributed by atoms with Crippen LogP contribution in [-0.2, 0) is 0 Å². The van der Waals surface area contributed by atoms with Gasteiger partial charge in [0.05, 0.1) is 6.04 Å². The van der Waals surface area contributed by atoms with Gasteiger partial charge in [-0.3, -0.25) is 0 Å². The minimum atomic E-state index is 0.308. The van der Waals surface area contributed by atoms with E-state index in [9.17, 15) is 0 Å². The van der Waals surface area contributed by atoms with E-state index in [1.54, 1.807) is 0 Å². The Balaban J connectivity index is 3.49. The van der Waals surface area contributed by atoms with Crippen molar-refractivity contribution >= 4 is 6.01 Å². The van der Waals surface area contributed by atoms with Gasteiger partial charge in [-0.05, 0) is 13.3 Å². The fourth-order valence-corrected chi connectivity index (χ4v) is 0.614. The maximum Gasteiger partial charge on any atom is 0.114 e. The zero-order valence-corrected chi connectivity index (χ0v) is 5.96. The lowest BCUT2D eigenvalue weighted by atomic mass is 10.2. The van der Waals surface area contributed by atoms with E-state index in [1.165, 1.54) is 0 Å². The molecular weight excluding hydrogens is 114 g/mol. The standard InChI is InChI=1S/C6H13N3/c1-3-4-6(2)8-5-9-7/h6H,3-4,7H2,1-2H3. The van der Waals surface area contributed by atoms with Crippen LogP contribution < -0.4 is 5.84 Å². The van der Waals surface area contributed by atoms with Crippen LogP contribution >= 0.6 is 0 Å². The third kappa shape index (κ3) is 5.04. The molecule has 52 valence electrons. The molecule has 0 saturated heterocycles. The van der Waals surface area contributed by atoms with E-state index < -0.39 is 0 Å². The van der Waals surface area contributed by atoms with Gasteiger partial charge in [0.2, 0.25) is 0 Å². The highest BCUT2D eigenvalue weighted by atomic mass is 15.1. The van der Waals surface area contributed by atoms with Crippen molar-refractivity contribution in [1.29, 1.82) is 0 Å². The predicted octanol–water partition coefficient (Wildman–Crippen LogP) is 1.22. The lowest BCUT2D eigenvalue weighted by Gasteiger charge is -1.97. The zero-order chi connectivity index (χ0) is 7.11. The van der Waals surface area contributed by atoms with E-state index >= 15 is 0 Å². The molecule has 0 amide bonds. The second kappa shape index (κ2) is 5.32. The third-order valence-electron chi connectivity index (χ3n) is 1.04. The molecule has 0 aromatic carbocycles. The number of rotatable bonds is 3. The summed E-state index contributed by atoms with van der Waals surface area (Å²) < 4.78 is 0. The Morgan fingerprint density at radius 2 is 2.33 bits per heavy atom. The van der Waals surface area contributed by atoms with E-state index in [1.807, 2.05) is 6.92 Å². The molecule has 0 heterocycles. The molecule has 0 bridgehead atoms. The van der Waals surface area contributed by atoms with Gasteiger partial charge in [0, 0.05) is 0 Å². The minimum absolute atomic E-state index is 0.308. The largest absolute Gasteiger partial charge is 0.314 e. The molecule has 0 radical (unpaired) electrons. The van der Waals surface area contributed by atoms with Crippen LogP contribution in [0, 0.1) is 0 Å². The molecule has 3 heteroatoms. The van der Waals surface area contributed by atoms with Gasteiger partial charge in [-0.25, -0.2) is 4.99 Å². The third-order valence-corrected chi connectivity index (χ3v) is 1.04. The molecule has 0 saturated carbocycles. The van der Waals surface area contributed by atoms with E-state index in [-0.39, 0.29) is 0 Å². The maximum atomic E-state index is 4.79. The Morgan fingerprint density at radius 1 is 1.67 bits per heavy atom. The summed E-state index contributed by atoms with van der Waals surface area (Å²) in [6, 6.07) is 2.67. The zero-order valence-electron chi connectivity index (χ0n) is 5.96. The van der Waals surface area contributed by atoms with E-state index in [0.29, 0.717) is 6.04 Å². The number of hydrazone groups is 1. The summed E-state index contributed by atoms with van der Waals surface area (Å²) in [5.41, 5.74) is 0. The van der Waals surface area contributed by atoms with Crippen molar-refractivity contribution in [3.05, 3.63) is 0 Å². The van der Waals surface area contributed by atoms with Gasteiger partial charge in [0.25, 0.3) is 0 Å². The SMILES string of the molecule is CCCC(C)N=C=NN. The molecule has 2 N–H and O–H groups in total. The number of nitrogens with two attached hydrogens (primary N) is 1. The molecule has 3 nitrogen and oxygen atoms in total. The smallest absolute Gasteiger partial charge is 0.114 e. The molecule has 0 aliphatic heterocycles. The minimum Gasteiger partial charge on any atom is -0.314 e. The molecule has 0 rings (SSSR count). The normalized spacial score (nSPS) is 11.8. The molecule has 0 aliphatic rings. The van der Waals surface area contributed by atoms with Gasteiger partial charge in [0.1, 0.15) is 6.01 Å². The van der Waals surface area contributed by atoms with Crippen LogP contribution in [0.1, 0.15) is 26.7 Å². The van der Waals surface area contributed by atoms with Crippen LogP contribution in [0.5, 0.6) is 0 Å². The first kappa shape index (κ1) is 8.18. The first-order valence-electron chi connectivity index (χ1n) is 3.16. The van der Waals surface area contributed by atoms with Crippen molar-refractivity contribution in [2.75, 3.05) is 0 Å². The van der Waals surface area contributed by atoms with Gasteiger partial charge < -0.3 is 5.84 Å². The monoisotopic (exact) mass is 127 g/mol. The van der Waals surface area contributed by atoms with Crippen LogP contribution in [0.25, 0.3) is 0 Å². The Labute approximate surface area is 55.7 Å². The average molecular weight is 127 g/mol. The summed E-state index contributed by atoms with van der Waals surface area (Å²) >= 11 is 0. The van der Waals surface area contributed by atoms with Gasteiger partial charge in [-0.2, -0.15) is 0 Å². The number of hydrogen-bond acceptors (Lipinski definition) is 3. The average Bonchev–Trinajstić information content (AvgIpc) is 1.85. The predicted molar refractivity (Wildman–Crippen MR) is 38.4 cm³/mol. The maximum absolute atomic E-state index is 4.79. The van der Waals surface area contributed by atoms with Crippen molar-refractivity contribution in [2.45, 2.75) is 32.7 Å². The van der Waals surface area contributed by atoms with Gasteiger partial charge in [0.15, 0.2) is 0 Å². The van der Waals surface area contributed by atoms with Gasteiger partial charge >= 0.3 is 0 Å². The molecule has 1 unspecified atom stereocenters. The van der Waals surface area contributed by atoms with Crippen LogP contribution in [0.2, 0.25) is 0 Å². The van der Waals surface area contributed by atoms with E-state index in [2.05, 4.69) is 23.0 Å². The van der Waals surface area contributed by atoms with Crippen molar-refractivity contribution in [3.63, 3.8) is 0 Å². The Hall–Kier alpha value is -0.820. The van der Waals surface area contributed by atoms with Crippen molar-refractivity contribution in [1.82, 2.24) is 0 Å². The molecular formula is C6H13N3. The lowest BCUT2D eigenvalue weighted by molar-refractivity contribution is 0.657. The molecule has 0 aromatic rings. The highest BCUT2D eigenvalue weighted by Gasteiger charge is 1.92. The highest BCUT2D eigenvalue weighted by Crippen LogP contribution is 1.97. The summed E-state index contributed by atoms with van der Waals surface area (Å²) in [6.07, 6.45) is 2.21. The summed E-state index contributed by atoms with van der Waals surface area (Å²) in [7, 11) is 0. The molecule has 0 aromatic heterocycles. The second-order valence-electron chi connectivity index (χ2n) is 2.00. The van der Waals surface area contributed by atoms with Crippen LogP contribution in [0.3, 0.4) is 0 Å². The van der Waals surface area contributed by atoms with E-state index in [4.69, 9.17) is 5.84 Å². The summed E-state index contributed by atoms with van der Waals surface area (Å²) in [5, 5.41) is 3.14. The number of aliphatic imine (C=N–C) groups is 1. The molecule has 0 aliphatic carbocycles. The van der Waals surface area contributed by atoms with Gasteiger partial charge in [-0.1, -0.05) is 13.3 Å². The van der Waals surface area contributed by atoms with Crippen molar-refractivity contribution in [2.24, 2.45) is 15.9 Å². The fraction of sp³-hybridized carbons (Fsp3) is 0.833. The van der Waals surface area contributed by atoms with Crippen molar-refractivity contribution in [3.8, 4) is 0 Å². The molecule has 0 spiro atoms. The van der Waals surface area contributed by atoms with Crippen molar-refractivity contribution < 1.29 is 0 Å². The van der Waals surface area contributed by atoms with Crippen LogP contribution in [-0.4, -0.2) is 12.1 Å². The molecule has 1 atom stereocenters. The Bertz CT molecular complexity index is 113. The lowest BCUT2D eigenvalue weighted by Crippen LogP contribution is -1.95. The molecule has 9 heavy (non-hydrogen) atoms. The Kier molecular flexibility index (Phi) is 4.83. The quantitative estimate of drug-likeness (QED) is 0.346. The van der Waals surface area contributed by atoms with Crippen LogP contribution in [0.4, 0.5) is 0 Å². The topological polar surface area (TPSA) is 50.7 Å². The Morgan fingerprint density at radius 3 is 2.78 bits per heavy atom. The van der Waals surface area contributed by atoms with E-state index in [0.717, 1.165) is 12.8 Å². The highest BCUT2D eigenvalue weighted by molar-refractivity contribution is 5.40. The first-order chi connectivity index (χ1) is 4.31. The number of nitrogens with zero attached hydrogens (tertiary/aromatic N) is 2. The summed E-state index contributed by atoms with van der Waals surface area (Å²) in [5.74, 6) is 4.79.